The number of aromatic nitrogens is 1. The first-order chi connectivity index (χ1) is 13.3. The number of carbonyl (C=O) groups is 1. The summed E-state index contributed by atoms with van der Waals surface area (Å²) >= 11 is 6.05. The molecule has 0 aliphatic carbocycles. The number of benzene rings is 1. The van der Waals surface area contributed by atoms with Crippen LogP contribution in [0.1, 0.15) is 16.1 Å². The first-order valence-electron chi connectivity index (χ1n) is 8.55. The molecule has 0 radical (unpaired) electrons. The summed E-state index contributed by atoms with van der Waals surface area (Å²) in [5.41, 5.74) is -0.0722. The maximum atomic E-state index is 14.2. The van der Waals surface area contributed by atoms with E-state index in [4.69, 9.17) is 20.9 Å². The summed E-state index contributed by atoms with van der Waals surface area (Å²) in [7, 11) is -3.52. The number of hydrogen-bond donors (Lipinski definition) is 1. The second-order valence-corrected chi connectivity index (χ2v) is 8.64. The minimum Gasteiger partial charge on any atom is -0.379 e. The van der Waals surface area contributed by atoms with Crippen LogP contribution in [-0.4, -0.2) is 62.4 Å². The lowest BCUT2D eigenvalue weighted by molar-refractivity contribution is 0.0730. The summed E-state index contributed by atoms with van der Waals surface area (Å²) in [6.45, 7) is 2.66. The van der Waals surface area contributed by atoms with Crippen molar-refractivity contribution in [2.24, 2.45) is 0 Å². The van der Waals surface area contributed by atoms with Gasteiger partial charge in [0.25, 0.3) is 5.91 Å². The Hall–Kier alpha value is -2.01. The fourth-order valence-electron chi connectivity index (χ4n) is 2.87. The Labute approximate surface area is 166 Å². The van der Waals surface area contributed by atoms with E-state index in [1.165, 1.54) is 29.4 Å². The van der Waals surface area contributed by atoms with Crippen LogP contribution in [0.25, 0.3) is 11.3 Å². The molecular weight excluding hydrogens is 413 g/mol. The SMILES string of the molecule is Cc1onc(-c2c(F)cccc2Cl)c1C(=O)NCCS(=O)(=O)N1CCOCC1. The van der Waals surface area contributed by atoms with Gasteiger partial charge in [-0.1, -0.05) is 22.8 Å². The van der Waals surface area contributed by atoms with Gasteiger partial charge in [-0.05, 0) is 19.1 Å². The fraction of sp³-hybridized carbons (Fsp3) is 0.412. The predicted molar refractivity (Wildman–Crippen MR) is 100 cm³/mol. The number of nitrogens with zero attached hydrogens (tertiary/aromatic N) is 2. The highest BCUT2D eigenvalue weighted by Crippen LogP contribution is 2.33. The van der Waals surface area contributed by atoms with Crippen LogP contribution < -0.4 is 5.32 Å². The van der Waals surface area contributed by atoms with Gasteiger partial charge in [0.15, 0.2) is 0 Å². The number of halogens is 2. The Kier molecular flexibility index (Phi) is 6.33. The van der Waals surface area contributed by atoms with Crippen LogP contribution in [0.15, 0.2) is 22.7 Å². The summed E-state index contributed by atoms with van der Waals surface area (Å²) < 4.78 is 50.4. The average Bonchev–Trinajstić information content (AvgIpc) is 3.03. The molecule has 2 heterocycles. The molecule has 152 valence electrons. The highest BCUT2D eigenvalue weighted by Gasteiger charge is 2.27. The van der Waals surface area contributed by atoms with E-state index in [9.17, 15) is 17.6 Å². The summed E-state index contributed by atoms with van der Waals surface area (Å²) in [5, 5.41) is 6.37. The van der Waals surface area contributed by atoms with E-state index in [0.717, 1.165) is 0 Å². The van der Waals surface area contributed by atoms with Crippen molar-refractivity contribution in [1.82, 2.24) is 14.8 Å². The van der Waals surface area contributed by atoms with Crippen LogP contribution in [-0.2, 0) is 14.8 Å². The Morgan fingerprint density at radius 3 is 2.75 bits per heavy atom. The molecule has 3 rings (SSSR count). The van der Waals surface area contributed by atoms with Gasteiger partial charge in [-0.25, -0.2) is 12.8 Å². The summed E-state index contributed by atoms with van der Waals surface area (Å²) in [4.78, 5) is 12.6. The largest absolute Gasteiger partial charge is 0.379 e. The van der Waals surface area contributed by atoms with Crippen molar-refractivity contribution in [3.05, 3.63) is 40.4 Å². The Bertz CT molecular complexity index is 953. The van der Waals surface area contributed by atoms with Crippen molar-refractivity contribution in [1.29, 1.82) is 0 Å². The normalized spacial score (nSPS) is 15.5. The minimum absolute atomic E-state index is 0.00997. The Morgan fingerprint density at radius 1 is 1.36 bits per heavy atom. The average molecular weight is 432 g/mol. The monoisotopic (exact) mass is 431 g/mol. The molecule has 1 saturated heterocycles. The molecule has 1 aliphatic rings. The molecule has 1 fully saturated rings. The number of aryl methyl sites for hydroxylation is 1. The third kappa shape index (κ3) is 4.35. The van der Waals surface area contributed by atoms with Gasteiger partial charge in [0.2, 0.25) is 10.0 Å². The topological polar surface area (TPSA) is 102 Å². The molecule has 8 nitrogen and oxygen atoms in total. The summed E-state index contributed by atoms with van der Waals surface area (Å²) in [6.07, 6.45) is 0. The number of rotatable bonds is 6. The molecule has 1 aliphatic heterocycles. The summed E-state index contributed by atoms with van der Waals surface area (Å²) in [6, 6.07) is 4.10. The van der Waals surface area contributed by atoms with Gasteiger partial charge in [0, 0.05) is 19.6 Å². The Balaban J connectivity index is 1.73. The number of sulfonamides is 1. The van der Waals surface area contributed by atoms with Gasteiger partial charge in [0.1, 0.15) is 22.8 Å². The first kappa shape index (κ1) is 20.7. The minimum atomic E-state index is -3.52. The van der Waals surface area contributed by atoms with E-state index in [1.54, 1.807) is 0 Å². The van der Waals surface area contributed by atoms with Crippen LogP contribution in [0.4, 0.5) is 4.39 Å². The highest BCUT2D eigenvalue weighted by molar-refractivity contribution is 7.89. The molecular formula is C17H19ClFN3O5S. The van der Waals surface area contributed by atoms with E-state index >= 15 is 0 Å². The van der Waals surface area contributed by atoms with Gasteiger partial charge in [0.05, 0.1) is 29.6 Å². The van der Waals surface area contributed by atoms with Gasteiger partial charge < -0.3 is 14.6 Å². The second kappa shape index (κ2) is 8.56. The number of amides is 1. The fourth-order valence-corrected chi connectivity index (χ4v) is 4.45. The van der Waals surface area contributed by atoms with E-state index < -0.39 is 21.7 Å². The van der Waals surface area contributed by atoms with Crippen LogP contribution in [0, 0.1) is 12.7 Å². The second-order valence-electron chi connectivity index (χ2n) is 6.14. The molecule has 1 aromatic heterocycles. The van der Waals surface area contributed by atoms with Crippen molar-refractivity contribution in [2.75, 3.05) is 38.6 Å². The highest BCUT2D eigenvalue weighted by atomic mass is 35.5. The lowest BCUT2D eigenvalue weighted by Gasteiger charge is -2.26. The first-order valence-corrected chi connectivity index (χ1v) is 10.5. The number of hydrogen-bond acceptors (Lipinski definition) is 6. The zero-order chi connectivity index (χ0) is 20.3. The van der Waals surface area contributed by atoms with Gasteiger partial charge >= 0.3 is 0 Å². The zero-order valence-electron chi connectivity index (χ0n) is 15.1. The number of nitrogens with one attached hydrogen (secondary N) is 1. The smallest absolute Gasteiger partial charge is 0.257 e. The zero-order valence-corrected chi connectivity index (χ0v) is 16.6. The lowest BCUT2D eigenvalue weighted by atomic mass is 10.0. The van der Waals surface area contributed by atoms with Gasteiger partial charge in [-0.15, -0.1) is 0 Å². The molecule has 0 saturated carbocycles. The van der Waals surface area contributed by atoms with Crippen LogP contribution in [0.5, 0.6) is 0 Å². The van der Waals surface area contributed by atoms with Crippen LogP contribution >= 0.6 is 11.6 Å². The van der Waals surface area contributed by atoms with E-state index in [0.29, 0.717) is 13.2 Å². The number of ether oxygens (including phenoxy) is 1. The predicted octanol–water partition coefficient (Wildman–Crippen LogP) is 1.83. The van der Waals surface area contributed by atoms with Crippen molar-refractivity contribution in [3.63, 3.8) is 0 Å². The van der Waals surface area contributed by atoms with Gasteiger partial charge in [-0.2, -0.15) is 4.31 Å². The lowest BCUT2D eigenvalue weighted by Crippen LogP contribution is -2.43. The molecule has 1 N–H and O–H groups in total. The van der Waals surface area contributed by atoms with Crippen LogP contribution in [0.2, 0.25) is 5.02 Å². The molecule has 11 heteroatoms. The van der Waals surface area contributed by atoms with Crippen LogP contribution in [0.3, 0.4) is 0 Å². The molecule has 0 bridgehead atoms. The van der Waals surface area contributed by atoms with Crippen molar-refractivity contribution in [2.45, 2.75) is 6.92 Å². The maximum absolute atomic E-state index is 14.2. The molecule has 1 amide bonds. The van der Waals surface area contributed by atoms with E-state index in [1.807, 2.05) is 0 Å². The van der Waals surface area contributed by atoms with Crippen molar-refractivity contribution >= 4 is 27.5 Å². The molecule has 0 atom stereocenters. The standard InChI is InChI=1S/C17H19ClFN3O5S/c1-11-14(16(21-27-11)15-12(18)3-2-4-13(15)19)17(23)20-5-10-28(24,25)22-6-8-26-9-7-22/h2-4H,5-10H2,1H3,(H,20,23). The Morgan fingerprint density at radius 2 is 2.07 bits per heavy atom. The maximum Gasteiger partial charge on any atom is 0.257 e. The number of morpholine rings is 1. The summed E-state index contributed by atoms with van der Waals surface area (Å²) in [5.74, 6) is -1.36. The molecule has 0 spiro atoms. The van der Waals surface area contributed by atoms with E-state index in [2.05, 4.69) is 10.5 Å². The third-order valence-corrected chi connectivity index (χ3v) is 6.49. The molecule has 2 aromatic rings. The number of carbonyl (C=O) groups excluding carboxylic acids is 1. The van der Waals surface area contributed by atoms with Crippen molar-refractivity contribution in [3.8, 4) is 11.3 Å². The third-order valence-electron chi connectivity index (χ3n) is 4.30. The molecule has 28 heavy (non-hydrogen) atoms. The van der Waals surface area contributed by atoms with E-state index in [-0.39, 0.29) is 53.0 Å². The quantitative estimate of drug-likeness (QED) is 0.748. The molecule has 1 aromatic carbocycles. The van der Waals surface area contributed by atoms with Gasteiger partial charge in [-0.3, -0.25) is 4.79 Å². The van der Waals surface area contributed by atoms with Crippen molar-refractivity contribution < 1.29 is 26.9 Å². The molecule has 0 unspecified atom stereocenters.